The summed E-state index contributed by atoms with van der Waals surface area (Å²) < 4.78 is 0. The van der Waals surface area contributed by atoms with Crippen molar-refractivity contribution in [2.45, 2.75) is 26.4 Å². The van der Waals surface area contributed by atoms with E-state index >= 15 is 0 Å². The van der Waals surface area contributed by atoms with Gasteiger partial charge in [-0.2, -0.15) is 0 Å². The molecular formula is C17H21ClN2. The van der Waals surface area contributed by atoms with Crippen molar-refractivity contribution in [3.63, 3.8) is 0 Å². The van der Waals surface area contributed by atoms with Gasteiger partial charge in [-0.25, -0.2) is 0 Å². The standard InChI is InChI=1S/C17H21ClN2/c1-2-10-20(13-14-6-4-3-5-7-14)17-9-8-16(18)11-15(17)12-19/h3-9,11H,2,10,12-13,19H2,1H3. The quantitative estimate of drug-likeness (QED) is 0.862. The van der Waals surface area contributed by atoms with E-state index in [1.165, 1.54) is 11.3 Å². The minimum absolute atomic E-state index is 0.505. The molecule has 2 nitrogen and oxygen atoms in total. The molecule has 2 aromatic rings. The average Bonchev–Trinajstić information content (AvgIpc) is 2.48. The Labute approximate surface area is 126 Å². The van der Waals surface area contributed by atoms with Gasteiger partial charge in [0.25, 0.3) is 0 Å². The summed E-state index contributed by atoms with van der Waals surface area (Å²) in [5, 5.41) is 0.741. The number of hydrogen-bond donors (Lipinski definition) is 1. The molecule has 0 saturated carbocycles. The van der Waals surface area contributed by atoms with Crippen LogP contribution in [0.15, 0.2) is 48.5 Å². The SMILES string of the molecule is CCCN(Cc1ccccc1)c1ccc(Cl)cc1CN. The van der Waals surface area contributed by atoms with Gasteiger partial charge < -0.3 is 10.6 Å². The van der Waals surface area contributed by atoms with E-state index in [4.69, 9.17) is 17.3 Å². The Balaban J connectivity index is 2.28. The van der Waals surface area contributed by atoms with E-state index in [2.05, 4.69) is 42.2 Å². The van der Waals surface area contributed by atoms with Crippen LogP contribution in [0.25, 0.3) is 0 Å². The highest BCUT2D eigenvalue weighted by molar-refractivity contribution is 6.30. The van der Waals surface area contributed by atoms with Crippen LogP contribution in [0.3, 0.4) is 0 Å². The van der Waals surface area contributed by atoms with Gasteiger partial charge in [-0.15, -0.1) is 0 Å². The van der Waals surface area contributed by atoms with Gasteiger partial charge in [0.15, 0.2) is 0 Å². The first-order chi connectivity index (χ1) is 9.74. The van der Waals surface area contributed by atoms with E-state index in [1.807, 2.05) is 18.2 Å². The van der Waals surface area contributed by atoms with Crippen LogP contribution in [0.5, 0.6) is 0 Å². The summed E-state index contributed by atoms with van der Waals surface area (Å²) in [4.78, 5) is 2.37. The second kappa shape index (κ2) is 7.32. The topological polar surface area (TPSA) is 29.3 Å². The first-order valence-electron chi connectivity index (χ1n) is 7.02. The zero-order valence-corrected chi connectivity index (χ0v) is 12.6. The predicted molar refractivity (Wildman–Crippen MR) is 87.1 cm³/mol. The van der Waals surface area contributed by atoms with Crippen molar-refractivity contribution in [1.82, 2.24) is 0 Å². The Kier molecular flexibility index (Phi) is 5.45. The predicted octanol–water partition coefficient (Wildman–Crippen LogP) is 4.22. The molecule has 0 bridgehead atoms. The Bertz CT molecular complexity index is 540. The number of benzene rings is 2. The highest BCUT2D eigenvalue weighted by Crippen LogP contribution is 2.25. The number of anilines is 1. The molecule has 0 unspecified atom stereocenters. The molecule has 0 aliphatic carbocycles. The second-order valence-electron chi connectivity index (χ2n) is 4.88. The van der Waals surface area contributed by atoms with Crippen LogP contribution in [0.2, 0.25) is 5.02 Å². The van der Waals surface area contributed by atoms with Crippen LogP contribution in [0.4, 0.5) is 5.69 Å². The molecular weight excluding hydrogens is 268 g/mol. The fraction of sp³-hybridized carbons (Fsp3) is 0.294. The lowest BCUT2D eigenvalue weighted by atomic mass is 10.1. The fourth-order valence-corrected chi connectivity index (χ4v) is 2.58. The molecule has 0 radical (unpaired) electrons. The summed E-state index contributed by atoms with van der Waals surface area (Å²) in [5.74, 6) is 0. The van der Waals surface area contributed by atoms with Crippen molar-refractivity contribution >= 4 is 17.3 Å². The molecule has 20 heavy (non-hydrogen) atoms. The Hall–Kier alpha value is -1.51. The van der Waals surface area contributed by atoms with Crippen molar-refractivity contribution in [2.24, 2.45) is 5.73 Å². The number of halogens is 1. The molecule has 0 saturated heterocycles. The van der Waals surface area contributed by atoms with Gasteiger partial charge in [0, 0.05) is 30.3 Å². The van der Waals surface area contributed by atoms with E-state index in [-0.39, 0.29) is 0 Å². The normalized spacial score (nSPS) is 10.6. The number of nitrogens with zero attached hydrogens (tertiary/aromatic N) is 1. The molecule has 0 aromatic heterocycles. The van der Waals surface area contributed by atoms with Crippen molar-refractivity contribution in [2.75, 3.05) is 11.4 Å². The van der Waals surface area contributed by atoms with Crippen molar-refractivity contribution in [1.29, 1.82) is 0 Å². The Morgan fingerprint density at radius 1 is 1.10 bits per heavy atom. The maximum atomic E-state index is 6.06. The summed E-state index contributed by atoms with van der Waals surface area (Å²) in [7, 11) is 0. The van der Waals surface area contributed by atoms with Gasteiger partial charge in [-0.3, -0.25) is 0 Å². The number of nitrogens with two attached hydrogens (primary N) is 1. The highest BCUT2D eigenvalue weighted by atomic mass is 35.5. The van der Waals surface area contributed by atoms with Gasteiger partial charge in [0.2, 0.25) is 0 Å². The maximum Gasteiger partial charge on any atom is 0.0429 e. The van der Waals surface area contributed by atoms with Crippen LogP contribution in [-0.4, -0.2) is 6.54 Å². The molecule has 2 N–H and O–H groups in total. The average molecular weight is 289 g/mol. The molecule has 0 atom stereocenters. The molecule has 0 amide bonds. The third kappa shape index (κ3) is 3.75. The smallest absolute Gasteiger partial charge is 0.0429 e. The zero-order chi connectivity index (χ0) is 14.4. The van der Waals surface area contributed by atoms with Crippen LogP contribution < -0.4 is 10.6 Å². The lowest BCUT2D eigenvalue weighted by molar-refractivity contribution is 0.761. The molecule has 106 valence electrons. The minimum Gasteiger partial charge on any atom is -0.367 e. The molecule has 0 aliphatic heterocycles. The minimum atomic E-state index is 0.505. The fourth-order valence-electron chi connectivity index (χ4n) is 2.38. The van der Waals surface area contributed by atoms with Crippen LogP contribution >= 0.6 is 11.6 Å². The van der Waals surface area contributed by atoms with Crippen molar-refractivity contribution in [3.05, 3.63) is 64.7 Å². The first-order valence-corrected chi connectivity index (χ1v) is 7.39. The zero-order valence-electron chi connectivity index (χ0n) is 11.8. The maximum absolute atomic E-state index is 6.06. The molecule has 0 heterocycles. The van der Waals surface area contributed by atoms with Crippen molar-refractivity contribution < 1.29 is 0 Å². The summed E-state index contributed by atoms with van der Waals surface area (Å²) in [5.41, 5.74) is 9.45. The van der Waals surface area contributed by atoms with E-state index < -0.39 is 0 Å². The lowest BCUT2D eigenvalue weighted by Crippen LogP contribution is -2.25. The molecule has 3 heteroatoms. The van der Waals surface area contributed by atoms with E-state index in [0.29, 0.717) is 6.54 Å². The van der Waals surface area contributed by atoms with Gasteiger partial charge in [0.05, 0.1) is 0 Å². The highest BCUT2D eigenvalue weighted by Gasteiger charge is 2.11. The summed E-state index contributed by atoms with van der Waals surface area (Å²) in [6, 6.07) is 16.5. The molecule has 2 aromatic carbocycles. The van der Waals surface area contributed by atoms with Gasteiger partial charge >= 0.3 is 0 Å². The van der Waals surface area contributed by atoms with Crippen LogP contribution in [-0.2, 0) is 13.1 Å². The largest absolute Gasteiger partial charge is 0.367 e. The van der Waals surface area contributed by atoms with Crippen LogP contribution in [0.1, 0.15) is 24.5 Å². The summed E-state index contributed by atoms with van der Waals surface area (Å²) in [6.07, 6.45) is 1.10. The monoisotopic (exact) mass is 288 g/mol. The van der Waals surface area contributed by atoms with Crippen molar-refractivity contribution in [3.8, 4) is 0 Å². The van der Waals surface area contributed by atoms with E-state index in [9.17, 15) is 0 Å². The van der Waals surface area contributed by atoms with Crippen LogP contribution in [0, 0.1) is 0 Å². The third-order valence-electron chi connectivity index (χ3n) is 3.31. The molecule has 0 fully saturated rings. The lowest BCUT2D eigenvalue weighted by Gasteiger charge is -2.27. The van der Waals surface area contributed by atoms with Gasteiger partial charge in [0.1, 0.15) is 0 Å². The molecule has 0 aliphatic rings. The first kappa shape index (κ1) is 14.9. The molecule has 2 rings (SSSR count). The van der Waals surface area contributed by atoms with E-state index in [1.54, 1.807) is 0 Å². The second-order valence-corrected chi connectivity index (χ2v) is 5.32. The third-order valence-corrected chi connectivity index (χ3v) is 3.55. The van der Waals surface area contributed by atoms with Gasteiger partial charge in [-0.1, -0.05) is 48.9 Å². The van der Waals surface area contributed by atoms with E-state index in [0.717, 1.165) is 30.1 Å². The van der Waals surface area contributed by atoms with Gasteiger partial charge in [-0.05, 0) is 35.7 Å². The number of hydrogen-bond acceptors (Lipinski definition) is 2. The Morgan fingerprint density at radius 3 is 2.50 bits per heavy atom. The summed E-state index contributed by atoms with van der Waals surface area (Å²) in [6.45, 7) is 4.59. The number of rotatable bonds is 6. The Morgan fingerprint density at radius 2 is 1.85 bits per heavy atom. The molecule has 0 spiro atoms. The summed E-state index contributed by atoms with van der Waals surface area (Å²) >= 11 is 6.06.